The Kier molecular flexibility index (Phi) is 4.93. The summed E-state index contributed by atoms with van der Waals surface area (Å²) in [6.07, 6.45) is 3.40. The zero-order valence-electron chi connectivity index (χ0n) is 13.1. The first kappa shape index (κ1) is 16.2. The van der Waals surface area contributed by atoms with Gasteiger partial charge in [0.15, 0.2) is 11.6 Å². The van der Waals surface area contributed by atoms with Gasteiger partial charge in [-0.05, 0) is 54.7 Å². The van der Waals surface area contributed by atoms with E-state index in [1.54, 1.807) is 0 Å². The summed E-state index contributed by atoms with van der Waals surface area (Å²) in [6.45, 7) is 0.622. The van der Waals surface area contributed by atoms with Crippen LogP contribution >= 0.6 is 0 Å². The van der Waals surface area contributed by atoms with Gasteiger partial charge in [-0.25, -0.2) is 13.6 Å². The van der Waals surface area contributed by atoms with Crippen LogP contribution in [0.4, 0.5) is 19.3 Å². The summed E-state index contributed by atoms with van der Waals surface area (Å²) in [5.74, 6) is -1.17. The van der Waals surface area contributed by atoms with E-state index in [4.69, 9.17) is 4.74 Å². The Bertz CT molecular complexity index is 750. The maximum atomic E-state index is 13.1. The third kappa shape index (κ3) is 4.01. The molecule has 0 bridgehead atoms. The Hall–Kier alpha value is -2.63. The predicted molar refractivity (Wildman–Crippen MR) is 87.3 cm³/mol. The van der Waals surface area contributed by atoms with Crippen molar-refractivity contribution in [3.8, 4) is 5.75 Å². The van der Waals surface area contributed by atoms with Crippen molar-refractivity contribution in [3.05, 3.63) is 59.2 Å². The van der Waals surface area contributed by atoms with E-state index in [0.717, 1.165) is 30.7 Å². The lowest BCUT2D eigenvalue weighted by atomic mass is 10.1. The molecule has 1 aliphatic carbocycles. The average molecular weight is 332 g/mol. The van der Waals surface area contributed by atoms with Gasteiger partial charge >= 0.3 is 6.03 Å². The molecule has 0 saturated heterocycles. The zero-order chi connectivity index (χ0) is 16.9. The summed E-state index contributed by atoms with van der Waals surface area (Å²) in [5, 5.41) is 5.03. The molecule has 6 heteroatoms. The summed E-state index contributed by atoms with van der Waals surface area (Å²) >= 11 is 0. The molecule has 0 aromatic heterocycles. The maximum Gasteiger partial charge on any atom is 0.319 e. The molecule has 2 amide bonds. The highest BCUT2D eigenvalue weighted by atomic mass is 19.2. The van der Waals surface area contributed by atoms with Gasteiger partial charge in [0.05, 0.1) is 6.54 Å². The number of ether oxygens (including phenoxy) is 1. The maximum absolute atomic E-state index is 13.1. The molecule has 0 heterocycles. The molecule has 0 radical (unpaired) electrons. The van der Waals surface area contributed by atoms with Gasteiger partial charge in [-0.1, -0.05) is 6.07 Å². The summed E-state index contributed by atoms with van der Waals surface area (Å²) in [5.41, 5.74) is 2.90. The number of nitrogens with one attached hydrogen (secondary N) is 2. The van der Waals surface area contributed by atoms with Crippen molar-refractivity contribution in [1.82, 2.24) is 5.32 Å². The molecule has 2 N–H and O–H groups in total. The first-order valence-corrected chi connectivity index (χ1v) is 7.86. The fourth-order valence-electron chi connectivity index (χ4n) is 2.72. The van der Waals surface area contributed by atoms with Crippen LogP contribution in [-0.2, 0) is 12.8 Å². The van der Waals surface area contributed by atoms with Crippen molar-refractivity contribution < 1.29 is 18.3 Å². The van der Waals surface area contributed by atoms with Gasteiger partial charge in [-0.15, -0.1) is 0 Å². The highest BCUT2D eigenvalue weighted by Gasteiger charge is 2.11. The van der Waals surface area contributed by atoms with E-state index in [9.17, 15) is 13.6 Å². The Balaban J connectivity index is 1.41. The molecule has 24 heavy (non-hydrogen) atoms. The Morgan fingerprint density at radius 3 is 2.71 bits per heavy atom. The lowest BCUT2D eigenvalue weighted by Gasteiger charge is -2.10. The second kappa shape index (κ2) is 7.29. The Morgan fingerprint density at radius 2 is 1.88 bits per heavy atom. The van der Waals surface area contributed by atoms with E-state index in [1.807, 2.05) is 12.1 Å². The van der Waals surface area contributed by atoms with Gasteiger partial charge in [0.2, 0.25) is 0 Å². The molecule has 0 spiro atoms. The summed E-state index contributed by atoms with van der Waals surface area (Å²) in [7, 11) is 0. The molecule has 0 aliphatic heterocycles. The number of hydrogen-bond acceptors (Lipinski definition) is 2. The monoisotopic (exact) mass is 332 g/mol. The number of carbonyl (C=O) groups excluding carboxylic acids is 1. The number of amides is 2. The van der Waals surface area contributed by atoms with Gasteiger partial charge in [0, 0.05) is 11.8 Å². The van der Waals surface area contributed by atoms with Crippen LogP contribution in [-0.4, -0.2) is 19.2 Å². The van der Waals surface area contributed by atoms with Crippen LogP contribution in [0.3, 0.4) is 0 Å². The summed E-state index contributed by atoms with van der Waals surface area (Å²) < 4.78 is 31.5. The van der Waals surface area contributed by atoms with Crippen molar-refractivity contribution >= 4 is 11.7 Å². The van der Waals surface area contributed by atoms with E-state index in [0.29, 0.717) is 13.2 Å². The number of aryl methyl sites for hydroxylation is 2. The minimum atomic E-state index is -1.01. The second-order valence-electron chi connectivity index (χ2n) is 5.64. The SMILES string of the molecule is O=C(NCCOc1ccc2c(c1)CCC2)Nc1ccc(F)c(F)c1. The third-order valence-electron chi connectivity index (χ3n) is 3.90. The number of urea groups is 1. The van der Waals surface area contributed by atoms with E-state index < -0.39 is 17.7 Å². The number of fused-ring (bicyclic) bond motifs is 1. The summed E-state index contributed by atoms with van der Waals surface area (Å²) in [6, 6.07) is 8.74. The average Bonchev–Trinajstić information content (AvgIpc) is 3.03. The van der Waals surface area contributed by atoms with Crippen molar-refractivity contribution in [2.24, 2.45) is 0 Å². The predicted octanol–water partition coefficient (Wildman–Crippen LogP) is 3.65. The molecule has 126 valence electrons. The number of hydrogen-bond donors (Lipinski definition) is 2. The second-order valence-corrected chi connectivity index (χ2v) is 5.64. The molecule has 2 aromatic carbocycles. The number of anilines is 1. The molecule has 2 aromatic rings. The standard InChI is InChI=1S/C18H18F2N2O2/c19-16-7-5-14(11-17(16)20)22-18(23)21-8-9-24-15-6-4-12-2-1-3-13(12)10-15/h4-7,10-11H,1-3,8-9H2,(H2,21,22,23). The van der Waals surface area contributed by atoms with Crippen molar-refractivity contribution in [2.45, 2.75) is 19.3 Å². The van der Waals surface area contributed by atoms with Crippen LogP contribution in [0.1, 0.15) is 17.5 Å². The van der Waals surface area contributed by atoms with Gasteiger partial charge in [-0.2, -0.15) is 0 Å². The minimum Gasteiger partial charge on any atom is -0.492 e. The van der Waals surface area contributed by atoms with Gasteiger partial charge < -0.3 is 15.4 Å². The van der Waals surface area contributed by atoms with Crippen LogP contribution in [0, 0.1) is 11.6 Å². The van der Waals surface area contributed by atoms with Gasteiger partial charge in [0.25, 0.3) is 0 Å². The van der Waals surface area contributed by atoms with Crippen LogP contribution in [0.15, 0.2) is 36.4 Å². The molecule has 4 nitrogen and oxygen atoms in total. The molecule has 1 aliphatic rings. The lowest BCUT2D eigenvalue weighted by molar-refractivity contribution is 0.247. The van der Waals surface area contributed by atoms with Crippen molar-refractivity contribution in [1.29, 1.82) is 0 Å². The minimum absolute atomic E-state index is 0.186. The van der Waals surface area contributed by atoms with Gasteiger partial charge in [-0.3, -0.25) is 0 Å². The van der Waals surface area contributed by atoms with Gasteiger partial charge in [0.1, 0.15) is 12.4 Å². The van der Waals surface area contributed by atoms with E-state index in [-0.39, 0.29) is 5.69 Å². The van der Waals surface area contributed by atoms with E-state index in [1.165, 1.54) is 23.6 Å². The number of halogens is 2. The fraction of sp³-hybridized carbons (Fsp3) is 0.278. The molecule has 0 unspecified atom stereocenters. The molecule has 0 atom stereocenters. The van der Waals surface area contributed by atoms with E-state index in [2.05, 4.69) is 16.7 Å². The van der Waals surface area contributed by atoms with Crippen molar-refractivity contribution in [2.75, 3.05) is 18.5 Å². The van der Waals surface area contributed by atoms with Crippen molar-refractivity contribution in [3.63, 3.8) is 0 Å². The highest BCUT2D eigenvalue weighted by molar-refractivity contribution is 5.89. The zero-order valence-corrected chi connectivity index (χ0v) is 13.1. The van der Waals surface area contributed by atoms with Crippen LogP contribution in [0.5, 0.6) is 5.75 Å². The molecule has 0 fully saturated rings. The normalized spacial score (nSPS) is 12.6. The third-order valence-corrected chi connectivity index (χ3v) is 3.90. The largest absolute Gasteiger partial charge is 0.492 e. The Labute approximate surface area is 138 Å². The molecular weight excluding hydrogens is 314 g/mol. The van der Waals surface area contributed by atoms with Crippen LogP contribution in [0.25, 0.3) is 0 Å². The first-order chi connectivity index (χ1) is 11.6. The lowest BCUT2D eigenvalue weighted by Crippen LogP contribution is -2.32. The molecular formula is C18H18F2N2O2. The Morgan fingerprint density at radius 1 is 1.04 bits per heavy atom. The molecule has 3 rings (SSSR count). The molecule has 0 saturated carbocycles. The topological polar surface area (TPSA) is 50.4 Å². The number of benzene rings is 2. The van der Waals surface area contributed by atoms with E-state index >= 15 is 0 Å². The first-order valence-electron chi connectivity index (χ1n) is 7.86. The van der Waals surface area contributed by atoms with Crippen LogP contribution < -0.4 is 15.4 Å². The van der Waals surface area contributed by atoms with Crippen LogP contribution in [0.2, 0.25) is 0 Å². The highest BCUT2D eigenvalue weighted by Crippen LogP contribution is 2.25. The smallest absolute Gasteiger partial charge is 0.319 e. The fourth-order valence-corrected chi connectivity index (χ4v) is 2.72. The quantitative estimate of drug-likeness (QED) is 0.821. The number of carbonyl (C=O) groups is 1. The number of rotatable bonds is 5. The summed E-state index contributed by atoms with van der Waals surface area (Å²) in [4.78, 5) is 11.7.